The summed E-state index contributed by atoms with van der Waals surface area (Å²) >= 11 is 3.53. The molecular weight excluding hydrogens is 442 g/mol. The molecule has 6 heteroatoms. The third-order valence-electron chi connectivity index (χ3n) is 5.17. The average molecular weight is 466 g/mol. The first-order valence-electron chi connectivity index (χ1n) is 10.1. The Labute approximate surface area is 185 Å². The molecule has 4 rings (SSSR count). The van der Waals surface area contributed by atoms with Crippen molar-refractivity contribution in [2.45, 2.75) is 26.0 Å². The number of rotatable bonds is 7. The first-order chi connectivity index (χ1) is 14.7. The van der Waals surface area contributed by atoms with Crippen molar-refractivity contribution in [2.24, 2.45) is 0 Å². The molecule has 0 atom stereocenters. The molecule has 1 amide bonds. The highest BCUT2D eigenvalue weighted by Gasteiger charge is 2.15. The Hall–Kier alpha value is -2.86. The van der Waals surface area contributed by atoms with E-state index in [0.29, 0.717) is 24.5 Å². The highest BCUT2D eigenvalue weighted by atomic mass is 79.9. The number of ether oxygens (including phenoxy) is 1. The maximum absolute atomic E-state index is 12.8. The van der Waals surface area contributed by atoms with Crippen LogP contribution in [0.15, 0.2) is 71.3 Å². The Morgan fingerprint density at radius 3 is 2.67 bits per heavy atom. The number of halogens is 1. The van der Waals surface area contributed by atoms with Gasteiger partial charge in [-0.3, -0.25) is 4.79 Å². The zero-order chi connectivity index (χ0) is 20.8. The van der Waals surface area contributed by atoms with E-state index in [9.17, 15) is 4.79 Å². The molecule has 2 aromatic carbocycles. The van der Waals surface area contributed by atoms with Gasteiger partial charge in [0.1, 0.15) is 18.2 Å². The predicted molar refractivity (Wildman–Crippen MR) is 122 cm³/mol. The third kappa shape index (κ3) is 5.00. The number of pyridine rings is 1. The molecule has 2 heterocycles. The van der Waals surface area contributed by atoms with Gasteiger partial charge in [-0.05, 0) is 48.7 Å². The highest BCUT2D eigenvalue weighted by Crippen LogP contribution is 2.23. The van der Waals surface area contributed by atoms with Gasteiger partial charge in [0.05, 0.1) is 5.56 Å². The minimum Gasteiger partial charge on any atom is -0.488 e. The van der Waals surface area contributed by atoms with Gasteiger partial charge in [-0.1, -0.05) is 46.3 Å². The number of carbonyl (C=O) groups is 1. The second-order valence-corrected chi connectivity index (χ2v) is 8.13. The van der Waals surface area contributed by atoms with E-state index in [1.54, 1.807) is 6.07 Å². The molecule has 3 aromatic rings. The lowest BCUT2D eigenvalue weighted by Gasteiger charge is -2.17. The molecular formula is C24H24BrN3O2. The van der Waals surface area contributed by atoms with Crippen LogP contribution in [0, 0.1) is 0 Å². The normalized spacial score (nSPS) is 13.3. The monoisotopic (exact) mass is 465 g/mol. The van der Waals surface area contributed by atoms with E-state index in [0.717, 1.165) is 34.5 Å². The van der Waals surface area contributed by atoms with E-state index >= 15 is 0 Å². The number of hydrogen-bond acceptors (Lipinski definition) is 4. The van der Waals surface area contributed by atoms with E-state index in [-0.39, 0.29) is 5.91 Å². The van der Waals surface area contributed by atoms with Gasteiger partial charge < -0.3 is 15.0 Å². The van der Waals surface area contributed by atoms with E-state index < -0.39 is 0 Å². The van der Waals surface area contributed by atoms with Crippen molar-refractivity contribution in [3.63, 3.8) is 0 Å². The van der Waals surface area contributed by atoms with Crippen molar-refractivity contribution in [3.05, 3.63) is 88.0 Å². The Morgan fingerprint density at radius 1 is 1.07 bits per heavy atom. The average Bonchev–Trinajstić information content (AvgIpc) is 3.32. The summed E-state index contributed by atoms with van der Waals surface area (Å²) in [5.74, 6) is 1.40. The summed E-state index contributed by atoms with van der Waals surface area (Å²) in [5, 5.41) is 3.01. The van der Waals surface area contributed by atoms with Gasteiger partial charge >= 0.3 is 0 Å². The summed E-state index contributed by atoms with van der Waals surface area (Å²) in [4.78, 5) is 19.6. The number of nitrogens with one attached hydrogen (secondary N) is 1. The van der Waals surface area contributed by atoms with Crippen LogP contribution in [0.1, 0.15) is 34.3 Å². The SMILES string of the molecule is O=C(NCc1ccnc(N2CCCC2)c1)c1ccccc1OCc1ccccc1Br. The number of hydrogen-bond donors (Lipinski definition) is 1. The molecule has 0 bridgehead atoms. The number of benzene rings is 2. The summed E-state index contributed by atoms with van der Waals surface area (Å²) in [5.41, 5.74) is 2.59. The van der Waals surface area contributed by atoms with E-state index in [4.69, 9.17) is 4.74 Å². The molecule has 0 unspecified atom stereocenters. The summed E-state index contributed by atoms with van der Waals surface area (Å²) in [6.07, 6.45) is 4.22. The lowest BCUT2D eigenvalue weighted by atomic mass is 10.1. The first kappa shape index (κ1) is 20.4. The minimum absolute atomic E-state index is 0.155. The second kappa shape index (κ2) is 9.76. The molecule has 0 saturated carbocycles. The van der Waals surface area contributed by atoms with Crippen molar-refractivity contribution in [3.8, 4) is 5.75 Å². The Kier molecular flexibility index (Phi) is 6.64. The fourth-order valence-electron chi connectivity index (χ4n) is 3.52. The molecule has 1 aliphatic heterocycles. The Bertz CT molecular complexity index is 1020. The lowest BCUT2D eigenvalue weighted by Crippen LogP contribution is -2.24. The molecule has 154 valence electrons. The summed E-state index contributed by atoms with van der Waals surface area (Å²) in [7, 11) is 0. The van der Waals surface area contributed by atoms with E-state index in [1.807, 2.05) is 54.7 Å². The van der Waals surface area contributed by atoms with E-state index in [2.05, 4.69) is 37.2 Å². The van der Waals surface area contributed by atoms with Crippen LogP contribution in [0.4, 0.5) is 5.82 Å². The fourth-order valence-corrected chi connectivity index (χ4v) is 3.92. The number of nitrogens with zero attached hydrogens (tertiary/aromatic N) is 2. The number of anilines is 1. The molecule has 1 saturated heterocycles. The maximum atomic E-state index is 12.8. The number of carbonyl (C=O) groups excluding carboxylic acids is 1. The molecule has 1 N–H and O–H groups in total. The van der Waals surface area contributed by atoms with Crippen molar-refractivity contribution in [2.75, 3.05) is 18.0 Å². The molecule has 30 heavy (non-hydrogen) atoms. The van der Waals surface area contributed by atoms with Gasteiger partial charge in [0.2, 0.25) is 0 Å². The lowest BCUT2D eigenvalue weighted by molar-refractivity contribution is 0.0946. The highest BCUT2D eigenvalue weighted by molar-refractivity contribution is 9.10. The zero-order valence-corrected chi connectivity index (χ0v) is 18.3. The standard InChI is InChI=1S/C24H24BrN3O2/c25-21-9-3-1-7-19(21)17-30-22-10-4-2-8-20(22)24(29)27-16-18-11-12-26-23(15-18)28-13-5-6-14-28/h1-4,7-12,15H,5-6,13-14,16-17H2,(H,27,29). The van der Waals surface area contributed by atoms with Crippen LogP contribution < -0.4 is 15.0 Å². The molecule has 0 radical (unpaired) electrons. The fraction of sp³-hybridized carbons (Fsp3) is 0.250. The number of aromatic nitrogens is 1. The molecule has 0 spiro atoms. The molecule has 1 aliphatic rings. The first-order valence-corrected chi connectivity index (χ1v) is 10.9. The van der Waals surface area contributed by atoms with Crippen LogP contribution in [0.3, 0.4) is 0 Å². The van der Waals surface area contributed by atoms with Crippen molar-refractivity contribution in [1.82, 2.24) is 10.3 Å². The van der Waals surface area contributed by atoms with Crippen LogP contribution in [0.2, 0.25) is 0 Å². The predicted octanol–water partition coefficient (Wildman–Crippen LogP) is 4.95. The Balaban J connectivity index is 1.40. The van der Waals surface area contributed by atoms with Gasteiger partial charge in [-0.15, -0.1) is 0 Å². The summed E-state index contributed by atoms with van der Waals surface area (Å²) in [6.45, 7) is 2.92. The van der Waals surface area contributed by atoms with Gasteiger partial charge in [0.25, 0.3) is 5.91 Å². The molecule has 5 nitrogen and oxygen atoms in total. The van der Waals surface area contributed by atoms with Crippen molar-refractivity contribution in [1.29, 1.82) is 0 Å². The Morgan fingerprint density at radius 2 is 1.83 bits per heavy atom. The number of para-hydroxylation sites is 1. The van der Waals surface area contributed by atoms with E-state index in [1.165, 1.54) is 12.8 Å². The summed E-state index contributed by atoms with van der Waals surface area (Å²) < 4.78 is 6.94. The van der Waals surface area contributed by atoms with Gasteiger partial charge in [-0.25, -0.2) is 4.98 Å². The van der Waals surface area contributed by atoms with Crippen LogP contribution in [0.25, 0.3) is 0 Å². The van der Waals surface area contributed by atoms with Gasteiger partial charge in [-0.2, -0.15) is 0 Å². The van der Waals surface area contributed by atoms with Gasteiger partial charge in [0, 0.05) is 35.9 Å². The number of amides is 1. The smallest absolute Gasteiger partial charge is 0.255 e. The topological polar surface area (TPSA) is 54.5 Å². The third-order valence-corrected chi connectivity index (χ3v) is 5.94. The summed E-state index contributed by atoms with van der Waals surface area (Å²) in [6, 6.07) is 19.2. The zero-order valence-electron chi connectivity index (χ0n) is 16.7. The maximum Gasteiger partial charge on any atom is 0.255 e. The quantitative estimate of drug-likeness (QED) is 0.535. The van der Waals surface area contributed by atoms with Gasteiger partial charge in [0.15, 0.2) is 0 Å². The van der Waals surface area contributed by atoms with Crippen molar-refractivity contribution < 1.29 is 9.53 Å². The van der Waals surface area contributed by atoms with Crippen LogP contribution in [0.5, 0.6) is 5.75 Å². The van der Waals surface area contributed by atoms with Crippen LogP contribution >= 0.6 is 15.9 Å². The largest absolute Gasteiger partial charge is 0.488 e. The second-order valence-electron chi connectivity index (χ2n) is 7.28. The minimum atomic E-state index is -0.155. The van der Waals surface area contributed by atoms with Crippen molar-refractivity contribution >= 4 is 27.7 Å². The molecule has 0 aliphatic carbocycles. The molecule has 1 fully saturated rings. The molecule has 1 aromatic heterocycles. The van der Waals surface area contributed by atoms with Crippen LogP contribution in [-0.2, 0) is 13.2 Å². The van der Waals surface area contributed by atoms with Crippen LogP contribution in [-0.4, -0.2) is 24.0 Å².